The van der Waals surface area contributed by atoms with E-state index < -0.39 is 0 Å². The maximum atomic E-state index is 12.1. The van der Waals surface area contributed by atoms with E-state index in [4.69, 9.17) is 0 Å². The number of nitrogens with zero attached hydrogens (tertiary/aromatic N) is 1. The van der Waals surface area contributed by atoms with Gasteiger partial charge in [-0.3, -0.25) is 4.79 Å². The van der Waals surface area contributed by atoms with Gasteiger partial charge in [0.2, 0.25) is 5.91 Å². The molecule has 0 spiro atoms. The van der Waals surface area contributed by atoms with Crippen molar-refractivity contribution in [2.24, 2.45) is 5.92 Å². The number of anilines is 1. The second kappa shape index (κ2) is 7.36. The summed E-state index contributed by atoms with van der Waals surface area (Å²) in [4.78, 5) is 17.8. The highest BCUT2D eigenvalue weighted by atomic mass is 32.1. The Labute approximate surface area is 130 Å². The monoisotopic (exact) mass is 307 g/mol. The summed E-state index contributed by atoms with van der Waals surface area (Å²) >= 11 is 1.66. The van der Waals surface area contributed by atoms with Crippen LogP contribution in [0.4, 0.5) is 5.13 Å². The molecule has 4 nitrogen and oxygen atoms in total. The quantitative estimate of drug-likeness (QED) is 0.895. The summed E-state index contributed by atoms with van der Waals surface area (Å²) in [5.74, 6) is 1.35. The van der Waals surface area contributed by atoms with Gasteiger partial charge in [-0.15, -0.1) is 11.3 Å². The highest BCUT2D eigenvalue weighted by Crippen LogP contribution is 2.32. The first-order chi connectivity index (χ1) is 10.3. The standard InChI is InChI=1S/C16H25N3OS/c20-15(10-12-4-2-1-3-5-12)19-16-18-11-14(21-16)13-6-8-17-9-7-13/h11-13,17H,1-10H2,(H,18,19,20). The molecule has 3 rings (SSSR count). The molecule has 5 heteroatoms. The summed E-state index contributed by atoms with van der Waals surface area (Å²) in [5, 5.41) is 7.17. The highest BCUT2D eigenvalue weighted by molar-refractivity contribution is 7.15. The van der Waals surface area contributed by atoms with E-state index in [-0.39, 0.29) is 5.91 Å². The first kappa shape index (κ1) is 15.0. The number of thiazole rings is 1. The molecule has 1 aliphatic carbocycles. The predicted octanol–water partition coefficient (Wildman–Crippen LogP) is 3.52. The number of carbonyl (C=O) groups is 1. The van der Waals surface area contributed by atoms with Gasteiger partial charge in [0.05, 0.1) is 0 Å². The average molecular weight is 307 g/mol. The van der Waals surface area contributed by atoms with E-state index in [1.54, 1.807) is 11.3 Å². The molecule has 21 heavy (non-hydrogen) atoms. The number of hydrogen-bond donors (Lipinski definition) is 2. The molecule has 0 radical (unpaired) electrons. The molecule has 116 valence electrons. The Balaban J connectivity index is 1.50. The fraction of sp³-hybridized carbons (Fsp3) is 0.750. The Morgan fingerprint density at radius 2 is 2.00 bits per heavy atom. The smallest absolute Gasteiger partial charge is 0.226 e. The molecule has 2 aliphatic rings. The van der Waals surface area contributed by atoms with Crippen LogP contribution in [-0.4, -0.2) is 24.0 Å². The lowest BCUT2D eigenvalue weighted by Gasteiger charge is -2.21. The maximum Gasteiger partial charge on any atom is 0.226 e. The first-order valence-electron chi connectivity index (χ1n) is 8.27. The van der Waals surface area contributed by atoms with Gasteiger partial charge in [-0.05, 0) is 50.6 Å². The summed E-state index contributed by atoms with van der Waals surface area (Å²) in [6, 6.07) is 0. The molecule has 1 amide bonds. The summed E-state index contributed by atoms with van der Waals surface area (Å²) < 4.78 is 0. The van der Waals surface area contributed by atoms with Crippen LogP contribution in [0.15, 0.2) is 6.20 Å². The van der Waals surface area contributed by atoms with Gasteiger partial charge in [-0.25, -0.2) is 4.98 Å². The summed E-state index contributed by atoms with van der Waals surface area (Å²) in [6.07, 6.45) is 11.3. The molecule has 1 saturated carbocycles. The molecule has 2 N–H and O–H groups in total. The Morgan fingerprint density at radius 3 is 2.76 bits per heavy atom. The Hall–Kier alpha value is -0.940. The van der Waals surface area contributed by atoms with Crippen LogP contribution in [0.2, 0.25) is 0 Å². The van der Waals surface area contributed by atoms with Crippen molar-refractivity contribution in [1.29, 1.82) is 0 Å². The van der Waals surface area contributed by atoms with Gasteiger partial charge >= 0.3 is 0 Å². The van der Waals surface area contributed by atoms with E-state index in [9.17, 15) is 4.79 Å². The average Bonchev–Trinajstić information content (AvgIpc) is 2.97. The molecule has 0 unspecified atom stereocenters. The molecular formula is C16H25N3OS. The van der Waals surface area contributed by atoms with E-state index in [0.29, 0.717) is 18.3 Å². The van der Waals surface area contributed by atoms with Gasteiger partial charge in [-0.2, -0.15) is 0 Å². The van der Waals surface area contributed by atoms with Crippen molar-refractivity contribution in [2.75, 3.05) is 18.4 Å². The van der Waals surface area contributed by atoms with E-state index >= 15 is 0 Å². The van der Waals surface area contributed by atoms with Gasteiger partial charge < -0.3 is 10.6 Å². The van der Waals surface area contributed by atoms with Crippen LogP contribution in [-0.2, 0) is 4.79 Å². The normalized spacial score (nSPS) is 21.3. The van der Waals surface area contributed by atoms with Crippen molar-refractivity contribution in [2.45, 2.75) is 57.3 Å². The van der Waals surface area contributed by atoms with Crippen molar-refractivity contribution in [3.63, 3.8) is 0 Å². The van der Waals surface area contributed by atoms with Crippen LogP contribution in [0.5, 0.6) is 0 Å². The first-order valence-corrected chi connectivity index (χ1v) is 9.09. The molecule has 0 aromatic carbocycles. The van der Waals surface area contributed by atoms with Gasteiger partial charge in [-0.1, -0.05) is 19.3 Å². The zero-order chi connectivity index (χ0) is 14.5. The van der Waals surface area contributed by atoms with Crippen molar-refractivity contribution in [1.82, 2.24) is 10.3 Å². The zero-order valence-corrected chi connectivity index (χ0v) is 13.4. The molecule has 0 bridgehead atoms. The molecule has 2 fully saturated rings. The molecule has 1 aromatic heterocycles. The van der Waals surface area contributed by atoms with Crippen molar-refractivity contribution in [3.05, 3.63) is 11.1 Å². The fourth-order valence-electron chi connectivity index (χ4n) is 3.46. The number of nitrogens with one attached hydrogen (secondary N) is 2. The molecular weight excluding hydrogens is 282 g/mol. The van der Waals surface area contributed by atoms with E-state index in [2.05, 4.69) is 15.6 Å². The highest BCUT2D eigenvalue weighted by Gasteiger charge is 2.20. The minimum Gasteiger partial charge on any atom is -0.317 e. The number of piperidine rings is 1. The number of rotatable bonds is 4. The predicted molar refractivity (Wildman–Crippen MR) is 86.8 cm³/mol. The van der Waals surface area contributed by atoms with Crippen molar-refractivity contribution in [3.8, 4) is 0 Å². The summed E-state index contributed by atoms with van der Waals surface area (Å²) in [7, 11) is 0. The Morgan fingerprint density at radius 1 is 1.24 bits per heavy atom. The number of amides is 1. The Kier molecular flexibility index (Phi) is 5.25. The molecule has 2 heterocycles. The minimum atomic E-state index is 0.146. The lowest BCUT2D eigenvalue weighted by atomic mass is 9.87. The van der Waals surface area contributed by atoms with Crippen LogP contribution in [0.25, 0.3) is 0 Å². The van der Waals surface area contributed by atoms with Crippen LogP contribution >= 0.6 is 11.3 Å². The van der Waals surface area contributed by atoms with E-state index in [1.165, 1.54) is 49.8 Å². The van der Waals surface area contributed by atoms with Crippen LogP contribution in [0.1, 0.15) is 62.2 Å². The molecule has 1 aliphatic heterocycles. The lowest BCUT2D eigenvalue weighted by Crippen LogP contribution is -2.26. The number of hydrogen-bond acceptors (Lipinski definition) is 4. The van der Waals surface area contributed by atoms with Crippen LogP contribution in [0.3, 0.4) is 0 Å². The second-order valence-corrected chi connectivity index (χ2v) is 7.41. The SMILES string of the molecule is O=C(CC1CCCCC1)Nc1ncc(C2CCNCC2)s1. The van der Waals surface area contributed by atoms with Gasteiger partial charge in [0.15, 0.2) is 5.13 Å². The number of aromatic nitrogens is 1. The molecule has 1 aromatic rings. The van der Waals surface area contributed by atoms with Crippen LogP contribution in [0, 0.1) is 5.92 Å². The van der Waals surface area contributed by atoms with Crippen molar-refractivity contribution >= 4 is 22.4 Å². The van der Waals surface area contributed by atoms with E-state index in [0.717, 1.165) is 18.2 Å². The van der Waals surface area contributed by atoms with E-state index in [1.807, 2.05) is 6.20 Å². The topological polar surface area (TPSA) is 54.0 Å². The summed E-state index contributed by atoms with van der Waals surface area (Å²) in [6.45, 7) is 2.18. The molecule has 1 saturated heterocycles. The lowest BCUT2D eigenvalue weighted by molar-refractivity contribution is -0.117. The molecule has 0 atom stereocenters. The van der Waals surface area contributed by atoms with Gasteiger partial charge in [0, 0.05) is 17.5 Å². The second-order valence-electron chi connectivity index (χ2n) is 6.35. The van der Waals surface area contributed by atoms with Crippen molar-refractivity contribution < 1.29 is 4.79 Å². The van der Waals surface area contributed by atoms with Gasteiger partial charge in [0.1, 0.15) is 0 Å². The summed E-state index contributed by atoms with van der Waals surface area (Å²) in [5.41, 5.74) is 0. The zero-order valence-electron chi connectivity index (χ0n) is 12.6. The van der Waals surface area contributed by atoms with Crippen LogP contribution < -0.4 is 10.6 Å². The minimum absolute atomic E-state index is 0.146. The third kappa shape index (κ3) is 4.27. The largest absolute Gasteiger partial charge is 0.317 e. The maximum absolute atomic E-state index is 12.1. The van der Waals surface area contributed by atoms with Gasteiger partial charge in [0.25, 0.3) is 0 Å². The third-order valence-electron chi connectivity index (χ3n) is 4.71. The number of carbonyl (C=O) groups excluding carboxylic acids is 1. The fourth-order valence-corrected chi connectivity index (χ4v) is 4.46. The third-order valence-corrected chi connectivity index (χ3v) is 5.79. The Bertz CT molecular complexity index is 462.